The third-order valence-electron chi connectivity index (χ3n) is 4.33. The number of halogens is 1. The van der Waals surface area contributed by atoms with E-state index in [2.05, 4.69) is 15.5 Å². The topological polar surface area (TPSA) is 61.4 Å². The Bertz CT molecular complexity index is 786. The molecule has 0 bridgehead atoms. The number of nitrogens with one attached hydrogen (secondary N) is 2. The molecule has 0 heterocycles. The average Bonchev–Trinajstić information content (AvgIpc) is 2.65. The summed E-state index contributed by atoms with van der Waals surface area (Å²) in [5, 5.41) is 5.62. The van der Waals surface area contributed by atoms with Crippen LogP contribution in [0.3, 0.4) is 0 Å². The molecule has 5 nitrogen and oxygen atoms in total. The molecule has 0 fully saturated rings. The van der Waals surface area contributed by atoms with Crippen molar-refractivity contribution in [1.29, 1.82) is 0 Å². The number of carbonyl (C=O) groups excluding carboxylic acids is 2. The number of amides is 2. The molecule has 0 saturated heterocycles. The minimum atomic E-state index is -0.675. The summed E-state index contributed by atoms with van der Waals surface area (Å²) in [7, 11) is 4.03. The predicted octanol–water partition coefficient (Wildman–Crippen LogP) is 2.96. The zero-order valence-electron chi connectivity index (χ0n) is 16.8. The van der Waals surface area contributed by atoms with Gasteiger partial charge in [-0.15, -0.1) is 0 Å². The van der Waals surface area contributed by atoms with Gasteiger partial charge in [0.05, 0.1) is 0 Å². The molecule has 2 amide bonds. The van der Waals surface area contributed by atoms with Gasteiger partial charge in [0.15, 0.2) is 0 Å². The number of nitrogens with zero attached hydrogens (tertiary/aromatic N) is 1. The summed E-state index contributed by atoms with van der Waals surface area (Å²) >= 11 is 0. The van der Waals surface area contributed by atoms with Crippen LogP contribution in [0.5, 0.6) is 0 Å². The summed E-state index contributed by atoms with van der Waals surface area (Å²) in [5.41, 5.74) is 2.51. The van der Waals surface area contributed by atoms with Crippen LogP contribution in [0, 0.1) is 11.7 Å². The van der Waals surface area contributed by atoms with Crippen molar-refractivity contribution in [3.05, 3.63) is 71.0 Å². The molecule has 0 saturated carbocycles. The maximum atomic E-state index is 13.0. The largest absolute Gasteiger partial charge is 0.350 e. The molecule has 0 aliphatic carbocycles. The van der Waals surface area contributed by atoms with Crippen LogP contribution in [-0.4, -0.2) is 36.9 Å². The normalized spacial score (nSPS) is 12.1. The van der Waals surface area contributed by atoms with Gasteiger partial charge in [0.2, 0.25) is 5.91 Å². The smallest absolute Gasteiger partial charge is 0.251 e. The first-order valence-corrected chi connectivity index (χ1v) is 9.33. The van der Waals surface area contributed by atoms with Crippen LogP contribution in [0.4, 0.5) is 4.39 Å². The van der Waals surface area contributed by atoms with Gasteiger partial charge in [-0.05, 0) is 55.4 Å². The fourth-order valence-electron chi connectivity index (χ4n) is 2.79. The van der Waals surface area contributed by atoms with Gasteiger partial charge >= 0.3 is 0 Å². The van der Waals surface area contributed by atoms with Crippen molar-refractivity contribution in [2.24, 2.45) is 5.92 Å². The molecule has 2 N–H and O–H groups in total. The molecule has 0 aliphatic heterocycles. The van der Waals surface area contributed by atoms with Crippen LogP contribution in [0.25, 0.3) is 0 Å². The minimum absolute atomic E-state index is 0.0909. The highest BCUT2D eigenvalue weighted by atomic mass is 19.1. The van der Waals surface area contributed by atoms with E-state index >= 15 is 0 Å². The lowest BCUT2D eigenvalue weighted by Crippen LogP contribution is -2.49. The lowest BCUT2D eigenvalue weighted by molar-refractivity contribution is -0.124. The maximum absolute atomic E-state index is 13.0. The van der Waals surface area contributed by atoms with E-state index in [1.54, 1.807) is 0 Å². The van der Waals surface area contributed by atoms with Crippen molar-refractivity contribution < 1.29 is 14.0 Å². The van der Waals surface area contributed by atoms with Crippen LogP contribution in [0.1, 0.15) is 35.3 Å². The van der Waals surface area contributed by atoms with E-state index in [4.69, 9.17) is 0 Å². The minimum Gasteiger partial charge on any atom is -0.350 e. The molecule has 150 valence electrons. The first-order chi connectivity index (χ1) is 13.3. The molecule has 0 spiro atoms. The summed E-state index contributed by atoms with van der Waals surface area (Å²) in [6.07, 6.45) is 0. The van der Waals surface area contributed by atoms with Crippen LogP contribution >= 0.6 is 0 Å². The van der Waals surface area contributed by atoms with Gasteiger partial charge in [0.1, 0.15) is 11.9 Å². The molecule has 1 atom stereocenters. The first-order valence-electron chi connectivity index (χ1n) is 9.33. The van der Waals surface area contributed by atoms with Crippen molar-refractivity contribution in [1.82, 2.24) is 15.5 Å². The van der Waals surface area contributed by atoms with Crippen LogP contribution in [0.15, 0.2) is 48.5 Å². The molecule has 2 aromatic rings. The molecule has 0 unspecified atom stereocenters. The third-order valence-corrected chi connectivity index (χ3v) is 4.33. The number of carbonyl (C=O) groups is 2. The molecule has 6 heteroatoms. The number of benzene rings is 2. The van der Waals surface area contributed by atoms with E-state index < -0.39 is 17.8 Å². The number of rotatable bonds is 8. The second kappa shape index (κ2) is 9.99. The summed E-state index contributed by atoms with van der Waals surface area (Å²) in [6, 6.07) is 12.6. The van der Waals surface area contributed by atoms with Gasteiger partial charge in [0, 0.05) is 18.7 Å². The van der Waals surface area contributed by atoms with E-state index in [9.17, 15) is 14.0 Å². The monoisotopic (exact) mass is 385 g/mol. The fourth-order valence-corrected chi connectivity index (χ4v) is 2.79. The Kier molecular flexibility index (Phi) is 7.70. The second-order valence-electron chi connectivity index (χ2n) is 7.47. The van der Waals surface area contributed by atoms with Gasteiger partial charge in [-0.2, -0.15) is 0 Å². The number of hydrogen-bond acceptors (Lipinski definition) is 3. The average molecular weight is 385 g/mol. The highest BCUT2D eigenvalue weighted by Crippen LogP contribution is 2.09. The molecule has 0 aliphatic rings. The third kappa shape index (κ3) is 6.46. The van der Waals surface area contributed by atoms with Crippen molar-refractivity contribution >= 4 is 11.8 Å². The Morgan fingerprint density at radius 2 is 1.54 bits per heavy atom. The Labute approximate surface area is 165 Å². The molecule has 28 heavy (non-hydrogen) atoms. The maximum Gasteiger partial charge on any atom is 0.251 e. The van der Waals surface area contributed by atoms with Crippen molar-refractivity contribution in [2.45, 2.75) is 33.0 Å². The molecular weight excluding hydrogens is 357 g/mol. The van der Waals surface area contributed by atoms with E-state index in [1.165, 1.54) is 29.8 Å². The van der Waals surface area contributed by atoms with Gasteiger partial charge < -0.3 is 15.5 Å². The van der Waals surface area contributed by atoms with Gasteiger partial charge in [-0.3, -0.25) is 9.59 Å². The summed E-state index contributed by atoms with van der Waals surface area (Å²) in [4.78, 5) is 27.0. The zero-order valence-corrected chi connectivity index (χ0v) is 16.8. The lowest BCUT2D eigenvalue weighted by Gasteiger charge is -2.22. The molecular formula is C22H28FN3O2. The lowest BCUT2D eigenvalue weighted by atomic mass is 10.0. The van der Waals surface area contributed by atoms with Crippen LogP contribution in [0.2, 0.25) is 0 Å². The predicted molar refractivity (Wildman–Crippen MR) is 108 cm³/mol. The highest BCUT2D eigenvalue weighted by molar-refractivity contribution is 5.97. The van der Waals surface area contributed by atoms with Crippen molar-refractivity contribution in [2.75, 3.05) is 14.1 Å². The van der Waals surface area contributed by atoms with Crippen LogP contribution < -0.4 is 10.6 Å². The zero-order chi connectivity index (χ0) is 20.7. The van der Waals surface area contributed by atoms with Gasteiger partial charge in [-0.1, -0.05) is 38.1 Å². The first kappa shape index (κ1) is 21.6. The molecule has 0 radical (unpaired) electrons. The van der Waals surface area contributed by atoms with E-state index in [-0.39, 0.29) is 11.8 Å². The summed E-state index contributed by atoms with van der Waals surface area (Å²) < 4.78 is 13.0. The Hall–Kier alpha value is -2.73. The fraction of sp³-hybridized carbons (Fsp3) is 0.364. The van der Waals surface area contributed by atoms with Gasteiger partial charge in [-0.25, -0.2) is 4.39 Å². The van der Waals surface area contributed by atoms with Crippen LogP contribution in [-0.2, 0) is 17.9 Å². The Balaban J connectivity index is 1.95. The summed E-state index contributed by atoms with van der Waals surface area (Å²) in [5.74, 6) is -1.15. The SMILES string of the molecule is CC(C)[C@H](NC(=O)c1ccc(F)cc1)C(=O)NCc1ccc(CN(C)C)cc1. The standard InChI is InChI=1S/C22H28FN3O2/c1-15(2)20(25-21(27)18-9-11-19(23)12-10-18)22(28)24-13-16-5-7-17(8-6-16)14-26(3)4/h5-12,15,20H,13-14H2,1-4H3,(H,24,28)(H,25,27)/t20-/m0/s1. The second-order valence-corrected chi connectivity index (χ2v) is 7.47. The van der Waals surface area contributed by atoms with E-state index in [0.717, 1.165) is 12.1 Å². The highest BCUT2D eigenvalue weighted by Gasteiger charge is 2.24. The van der Waals surface area contributed by atoms with E-state index in [1.807, 2.05) is 52.2 Å². The Morgan fingerprint density at radius 1 is 0.964 bits per heavy atom. The quantitative estimate of drug-likeness (QED) is 0.734. The van der Waals surface area contributed by atoms with Gasteiger partial charge in [0.25, 0.3) is 5.91 Å². The Morgan fingerprint density at radius 3 is 2.07 bits per heavy atom. The van der Waals surface area contributed by atoms with Crippen molar-refractivity contribution in [3.8, 4) is 0 Å². The molecule has 2 aromatic carbocycles. The number of hydrogen-bond donors (Lipinski definition) is 2. The van der Waals surface area contributed by atoms with E-state index in [0.29, 0.717) is 12.1 Å². The molecule has 0 aromatic heterocycles. The molecule has 2 rings (SSSR count). The van der Waals surface area contributed by atoms with Crippen molar-refractivity contribution in [3.63, 3.8) is 0 Å². The summed E-state index contributed by atoms with van der Waals surface area (Å²) in [6.45, 7) is 4.98.